The number of rotatable bonds is 8. The molecule has 2 aromatic rings. The highest BCUT2D eigenvalue weighted by Gasteiger charge is 2.17. The molecule has 5 heteroatoms. The highest BCUT2D eigenvalue weighted by molar-refractivity contribution is 5.66. The van der Waals surface area contributed by atoms with Crippen LogP contribution in [0.1, 0.15) is 11.1 Å². The molecule has 0 saturated heterocycles. The standard InChI is InChI=1S/C18H21NO4/c1-21-12-13-22-18(20)19(14-16-8-4-2-5-9-16)23-15-17-10-6-3-7-11-17/h2-11H,12-15H2,1H3. The van der Waals surface area contributed by atoms with E-state index in [1.165, 1.54) is 5.06 Å². The molecule has 0 spiro atoms. The van der Waals surface area contributed by atoms with Crippen LogP contribution in [0.5, 0.6) is 0 Å². The van der Waals surface area contributed by atoms with E-state index in [-0.39, 0.29) is 6.61 Å². The predicted molar refractivity (Wildman–Crippen MR) is 86.4 cm³/mol. The van der Waals surface area contributed by atoms with Crippen molar-refractivity contribution in [2.45, 2.75) is 13.2 Å². The summed E-state index contributed by atoms with van der Waals surface area (Å²) >= 11 is 0. The number of amides is 1. The van der Waals surface area contributed by atoms with Gasteiger partial charge in [0.2, 0.25) is 0 Å². The van der Waals surface area contributed by atoms with Crippen molar-refractivity contribution in [3.05, 3.63) is 71.8 Å². The molecule has 23 heavy (non-hydrogen) atoms. The van der Waals surface area contributed by atoms with Gasteiger partial charge in [-0.15, -0.1) is 0 Å². The lowest BCUT2D eigenvalue weighted by Crippen LogP contribution is -2.32. The summed E-state index contributed by atoms with van der Waals surface area (Å²) in [6.45, 7) is 1.16. The van der Waals surface area contributed by atoms with Crippen LogP contribution in [0.25, 0.3) is 0 Å². The van der Waals surface area contributed by atoms with Crippen LogP contribution in [0.15, 0.2) is 60.7 Å². The van der Waals surface area contributed by atoms with Gasteiger partial charge in [-0.05, 0) is 11.1 Å². The lowest BCUT2D eigenvalue weighted by Gasteiger charge is -2.21. The number of hydrogen-bond donors (Lipinski definition) is 0. The van der Waals surface area contributed by atoms with Gasteiger partial charge in [0.1, 0.15) is 13.2 Å². The topological polar surface area (TPSA) is 48.0 Å². The molecule has 1 amide bonds. The van der Waals surface area contributed by atoms with Crippen LogP contribution in [0, 0.1) is 0 Å². The Hall–Kier alpha value is -2.37. The first-order chi connectivity index (χ1) is 11.3. The molecular formula is C18H21NO4. The Kier molecular flexibility index (Phi) is 7.10. The number of ether oxygens (including phenoxy) is 2. The first-order valence-corrected chi connectivity index (χ1v) is 7.43. The van der Waals surface area contributed by atoms with Crippen molar-refractivity contribution in [3.8, 4) is 0 Å². The Morgan fingerprint density at radius 1 is 0.913 bits per heavy atom. The number of hydroxylamine groups is 2. The Labute approximate surface area is 136 Å². The summed E-state index contributed by atoms with van der Waals surface area (Å²) in [4.78, 5) is 17.8. The van der Waals surface area contributed by atoms with Crippen LogP contribution in [-0.4, -0.2) is 31.5 Å². The summed E-state index contributed by atoms with van der Waals surface area (Å²) in [6, 6.07) is 19.3. The summed E-state index contributed by atoms with van der Waals surface area (Å²) in [6.07, 6.45) is -0.526. The molecule has 0 N–H and O–H groups in total. The van der Waals surface area contributed by atoms with Crippen LogP contribution in [0.4, 0.5) is 4.79 Å². The normalized spacial score (nSPS) is 10.3. The van der Waals surface area contributed by atoms with E-state index in [1.54, 1.807) is 7.11 Å². The van der Waals surface area contributed by atoms with Gasteiger partial charge >= 0.3 is 6.09 Å². The molecule has 0 aliphatic heterocycles. The fraction of sp³-hybridized carbons (Fsp3) is 0.278. The van der Waals surface area contributed by atoms with E-state index in [4.69, 9.17) is 14.3 Å². The molecule has 0 atom stereocenters. The predicted octanol–water partition coefficient (Wildman–Crippen LogP) is 3.40. The minimum atomic E-state index is -0.526. The van der Waals surface area contributed by atoms with Crippen molar-refractivity contribution < 1.29 is 19.1 Å². The van der Waals surface area contributed by atoms with E-state index in [0.29, 0.717) is 19.8 Å². The summed E-state index contributed by atoms with van der Waals surface area (Å²) in [5.41, 5.74) is 1.94. The van der Waals surface area contributed by atoms with E-state index in [1.807, 2.05) is 60.7 Å². The lowest BCUT2D eigenvalue weighted by molar-refractivity contribution is -0.153. The number of hydrogen-bond acceptors (Lipinski definition) is 4. The van der Waals surface area contributed by atoms with Gasteiger partial charge in [0, 0.05) is 7.11 Å². The quantitative estimate of drug-likeness (QED) is 0.553. The Morgan fingerprint density at radius 3 is 2.13 bits per heavy atom. The third-order valence-corrected chi connectivity index (χ3v) is 3.12. The Morgan fingerprint density at radius 2 is 1.52 bits per heavy atom. The number of benzene rings is 2. The number of carbonyl (C=O) groups is 1. The zero-order chi connectivity index (χ0) is 16.3. The maximum Gasteiger partial charge on any atom is 0.434 e. The van der Waals surface area contributed by atoms with Crippen molar-refractivity contribution in [2.24, 2.45) is 0 Å². The van der Waals surface area contributed by atoms with Gasteiger partial charge in [0.15, 0.2) is 0 Å². The molecule has 2 aromatic carbocycles. The molecule has 0 bridgehead atoms. The van der Waals surface area contributed by atoms with Gasteiger partial charge in [-0.3, -0.25) is 4.84 Å². The van der Waals surface area contributed by atoms with E-state index < -0.39 is 6.09 Å². The van der Waals surface area contributed by atoms with E-state index in [9.17, 15) is 4.79 Å². The lowest BCUT2D eigenvalue weighted by atomic mass is 10.2. The smallest absolute Gasteiger partial charge is 0.434 e. The van der Waals surface area contributed by atoms with Crippen molar-refractivity contribution in [2.75, 3.05) is 20.3 Å². The second-order valence-electron chi connectivity index (χ2n) is 4.89. The molecule has 0 saturated carbocycles. The molecule has 2 rings (SSSR count). The largest absolute Gasteiger partial charge is 0.445 e. The van der Waals surface area contributed by atoms with Gasteiger partial charge < -0.3 is 9.47 Å². The van der Waals surface area contributed by atoms with Gasteiger partial charge in [0.25, 0.3) is 0 Å². The molecule has 5 nitrogen and oxygen atoms in total. The molecule has 0 unspecified atom stereocenters. The number of nitrogens with zero attached hydrogens (tertiary/aromatic N) is 1. The SMILES string of the molecule is COCCOC(=O)N(Cc1ccccc1)OCc1ccccc1. The molecular weight excluding hydrogens is 294 g/mol. The van der Waals surface area contributed by atoms with Gasteiger partial charge in [-0.1, -0.05) is 60.7 Å². The van der Waals surface area contributed by atoms with E-state index >= 15 is 0 Å². The molecule has 0 aliphatic carbocycles. The minimum absolute atomic E-state index is 0.190. The van der Waals surface area contributed by atoms with Gasteiger partial charge in [0.05, 0.1) is 13.2 Å². The zero-order valence-electron chi connectivity index (χ0n) is 13.2. The average Bonchev–Trinajstić information content (AvgIpc) is 2.60. The first-order valence-electron chi connectivity index (χ1n) is 7.43. The second-order valence-corrected chi connectivity index (χ2v) is 4.89. The molecule has 122 valence electrons. The summed E-state index contributed by atoms with van der Waals surface area (Å²) in [5, 5.41) is 1.23. The fourth-order valence-electron chi connectivity index (χ4n) is 1.92. The maximum atomic E-state index is 12.2. The fourth-order valence-corrected chi connectivity index (χ4v) is 1.92. The number of carbonyl (C=O) groups excluding carboxylic acids is 1. The van der Waals surface area contributed by atoms with Crippen LogP contribution in [0.2, 0.25) is 0 Å². The second kappa shape index (κ2) is 9.61. The van der Waals surface area contributed by atoms with Crippen LogP contribution < -0.4 is 0 Å². The molecule has 0 aliphatic rings. The minimum Gasteiger partial charge on any atom is -0.445 e. The summed E-state index contributed by atoms with van der Waals surface area (Å²) < 4.78 is 10.0. The highest BCUT2D eigenvalue weighted by Crippen LogP contribution is 2.10. The van der Waals surface area contributed by atoms with Crippen LogP contribution in [-0.2, 0) is 27.5 Å². The Balaban J connectivity index is 1.96. The third kappa shape index (κ3) is 6.10. The van der Waals surface area contributed by atoms with E-state index in [0.717, 1.165) is 11.1 Å². The number of methoxy groups -OCH3 is 1. The Bertz CT molecular complexity index is 574. The highest BCUT2D eigenvalue weighted by atomic mass is 16.7. The third-order valence-electron chi connectivity index (χ3n) is 3.12. The molecule has 0 fully saturated rings. The zero-order valence-corrected chi connectivity index (χ0v) is 13.2. The summed E-state index contributed by atoms with van der Waals surface area (Å²) in [5.74, 6) is 0. The average molecular weight is 315 g/mol. The van der Waals surface area contributed by atoms with Crippen molar-refractivity contribution in [1.29, 1.82) is 0 Å². The van der Waals surface area contributed by atoms with Crippen LogP contribution >= 0.6 is 0 Å². The van der Waals surface area contributed by atoms with Crippen molar-refractivity contribution >= 4 is 6.09 Å². The molecule has 0 aromatic heterocycles. The van der Waals surface area contributed by atoms with E-state index in [2.05, 4.69) is 0 Å². The van der Waals surface area contributed by atoms with Crippen LogP contribution in [0.3, 0.4) is 0 Å². The van der Waals surface area contributed by atoms with Gasteiger partial charge in [-0.25, -0.2) is 4.79 Å². The molecule has 0 radical (unpaired) electrons. The van der Waals surface area contributed by atoms with Crippen molar-refractivity contribution in [1.82, 2.24) is 5.06 Å². The maximum absolute atomic E-state index is 12.2. The summed E-state index contributed by atoms with van der Waals surface area (Å²) in [7, 11) is 1.56. The first kappa shape index (κ1) is 17.0. The monoisotopic (exact) mass is 315 g/mol. The molecule has 0 heterocycles. The van der Waals surface area contributed by atoms with Gasteiger partial charge in [-0.2, -0.15) is 5.06 Å². The van der Waals surface area contributed by atoms with Crippen molar-refractivity contribution in [3.63, 3.8) is 0 Å².